The Morgan fingerprint density at radius 3 is 1.89 bits per heavy atom. The second-order valence-corrected chi connectivity index (χ2v) is 3.72. The van der Waals surface area contributed by atoms with Gasteiger partial charge in [-0.2, -0.15) is 26.3 Å². The molecule has 0 saturated carbocycles. The molecule has 0 atom stereocenters. The van der Waals surface area contributed by atoms with Gasteiger partial charge < -0.3 is 0 Å². The van der Waals surface area contributed by atoms with E-state index < -0.39 is 39.8 Å². The van der Waals surface area contributed by atoms with Crippen LogP contribution < -0.4 is 0 Å². The van der Waals surface area contributed by atoms with Crippen molar-refractivity contribution in [3.05, 3.63) is 34.4 Å². The van der Waals surface area contributed by atoms with Gasteiger partial charge in [0.15, 0.2) is 0 Å². The van der Waals surface area contributed by atoms with Gasteiger partial charge in [-0.25, -0.2) is 0 Å². The highest BCUT2D eigenvalue weighted by atomic mass is 35.5. The SMILES string of the molecule is O=Cc1cc(C(=O)Cl)c(C(F)(F)F)c(C(F)(F)F)c1. The van der Waals surface area contributed by atoms with Gasteiger partial charge in [-0.1, -0.05) is 0 Å². The van der Waals surface area contributed by atoms with E-state index in [1.165, 1.54) is 0 Å². The minimum absolute atomic E-state index is 0.0130. The molecule has 0 unspecified atom stereocenters. The lowest BCUT2D eigenvalue weighted by Gasteiger charge is -2.18. The number of hydrogen-bond acceptors (Lipinski definition) is 2. The van der Waals surface area contributed by atoms with Gasteiger partial charge in [-0.3, -0.25) is 9.59 Å². The van der Waals surface area contributed by atoms with Crippen LogP contribution in [0.2, 0.25) is 0 Å². The van der Waals surface area contributed by atoms with E-state index in [0.29, 0.717) is 6.07 Å². The molecule has 0 radical (unpaired) electrons. The van der Waals surface area contributed by atoms with Crippen LogP contribution >= 0.6 is 11.6 Å². The van der Waals surface area contributed by atoms with Crippen molar-refractivity contribution in [2.24, 2.45) is 0 Å². The Morgan fingerprint density at radius 2 is 1.58 bits per heavy atom. The smallest absolute Gasteiger partial charge is 0.298 e. The Balaban J connectivity index is 3.82. The zero-order chi connectivity index (χ0) is 15.0. The van der Waals surface area contributed by atoms with E-state index in [0.717, 1.165) is 0 Å². The van der Waals surface area contributed by atoms with Crippen molar-refractivity contribution in [1.82, 2.24) is 0 Å². The molecule has 0 bridgehead atoms. The van der Waals surface area contributed by atoms with Crippen molar-refractivity contribution in [3.63, 3.8) is 0 Å². The zero-order valence-corrected chi connectivity index (χ0v) is 9.45. The molecule has 104 valence electrons. The maximum absolute atomic E-state index is 12.6. The van der Waals surface area contributed by atoms with Gasteiger partial charge in [0.25, 0.3) is 5.24 Å². The van der Waals surface area contributed by atoms with Crippen molar-refractivity contribution < 1.29 is 35.9 Å². The van der Waals surface area contributed by atoms with E-state index in [-0.39, 0.29) is 12.4 Å². The average Bonchev–Trinajstić information content (AvgIpc) is 2.24. The summed E-state index contributed by atoms with van der Waals surface area (Å²) in [5.41, 5.74) is -6.48. The summed E-state index contributed by atoms with van der Waals surface area (Å²) in [4.78, 5) is 21.3. The summed E-state index contributed by atoms with van der Waals surface area (Å²) in [5, 5.41) is -1.73. The van der Waals surface area contributed by atoms with Crippen LogP contribution in [-0.2, 0) is 12.4 Å². The molecule has 2 nitrogen and oxygen atoms in total. The molecule has 0 heterocycles. The van der Waals surface area contributed by atoms with Crippen molar-refractivity contribution in [2.75, 3.05) is 0 Å². The standard InChI is InChI=1S/C10H3ClF6O2/c11-8(19)5-1-4(3-18)2-6(9(12,13)14)7(5)10(15,16)17/h1-3H. The van der Waals surface area contributed by atoms with Crippen LogP contribution in [0.3, 0.4) is 0 Å². The minimum Gasteiger partial charge on any atom is -0.298 e. The van der Waals surface area contributed by atoms with Gasteiger partial charge in [0.05, 0.1) is 11.1 Å². The molecule has 0 amide bonds. The van der Waals surface area contributed by atoms with Crippen molar-refractivity contribution in [2.45, 2.75) is 12.4 Å². The zero-order valence-electron chi connectivity index (χ0n) is 8.69. The van der Waals surface area contributed by atoms with Crippen molar-refractivity contribution in [3.8, 4) is 0 Å². The fourth-order valence-corrected chi connectivity index (χ4v) is 1.57. The van der Waals surface area contributed by atoms with Gasteiger partial charge in [-0.15, -0.1) is 0 Å². The first-order chi connectivity index (χ1) is 8.48. The highest BCUT2D eigenvalue weighted by molar-refractivity contribution is 6.68. The number of carbonyl (C=O) groups is 2. The first kappa shape index (κ1) is 15.5. The van der Waals surface area contributed by atoms with Gasteiger partial charge >= 0.3 is 12.4 Å². The Labute approximate surface area is 107 Å². The molecule has 9 heteroatoms. The third-order valence-corrected chi connectivity index (χ3v) is 2.30. The Hall–Kier alpha value is -1.57. The average molecular weight is 305 g/mol. The van der Waals surface area contributed by atoms with Crippen molar-refractivity contribution >= 4 is 23.1 Å². The number of hydrogen-bond donors (Lipinski definition) is 0. The maximum Gasteiger partial charge on any atom is 0.417 e. The molecule has 0 N–H and O–H groups in total. The quantitative estimate of drug-likeness (QED) is 0.471. The van der Waals surface area contributed by atoms with E-state index in [1.807, 2.05) is 0 Å². The second kappa shape index (κ2) is 4.84. The molecule has 0 aliphatic rings. The van der Waals surface area contributed by atoms with Crippen LogP contribution in [0.4, 0.5) is 26.3 Å². The first-order valence-electron chi connectivity index (χ1n) is 4.46. The summed E-state index contributed by atoms with van der Waals surface area (Å²) in [6.45, 7) is 0. The molecule has 0 aliphatic heterocycles. The highest BCUT2D eigenvalue weighted by Gasteiger charge is 2.46. The van der Waals surface area contributed by atoms with Crippen LogP contribution in [0, 0.1) is 0 Å². The fourth-order valence-electron chi connectivity index (χ4n) is 1.42. The molecule has 1 rings (SSSR count). The Bertz CT molecular complexity index is 532. The number of alkyl halides is 6. The van der Waals surface area contributed by atoms with Crippen molar-refractivity contribution in [1.29, 1.82) is 0 Å². The monoisotopic (exact) mass is 304 g/mol. The predicted molar refractivity (Wildman–Crippen MR) is 52.0 cm³/mol. The van der Waals surface area contributed by atoms with Crippen LogP contribution in [0.5, 0.6) is 0 Å². The fraction of sp³-hybridized carbons (Fsp3) is 0.200. The predicted octanol–water partition coefficient (Wildman–Crippen LogP) is 3.92. The topological polar surface area (TPSA) is 34.1 Å². The minimum atomic E-state index is -5.44. The molecule has 1 aromatic carbocycles. The molecule has 0 aromatic heterocycles. The summed E-state index contributed by atoms with van der Waals surface area (Å²) in [5.74, 6) is 0. The van der Waals surface area contributed by atoms with E-state index in [2.05, 4.69) is 0 Å². The second-order valence-electron chi connectivity index (χ2n) is 3.38. The van der Waals surface area contributed by atoms with E-state index in [9.17, 15) is 35.9 Å². The molecule has 0 saturated heterocycles. The molecule has 0 spiro atoms. The summed E-state index contributed by atoms with van der Waals surface area (Å²) < 4.78 is 75.6. The van der Waals surface area contributed by atoms with Crippen LogP contribution in [0.15, 0.2) is 12.1 Å². The molecule has 19 heavy (non-hydrogen) atoms. The summed E-state index contributed by atoms with van der Waals surface area (Å²) in [6, 6.07) is 0.375. The molecular formula is C10H3ClF6O2. The first-order valence-corrected chi connectivity index (χ1v) is 4.83. The summed E-state index contributed by atoms with van der Waals surface area (Å²) in [6.07, 6.45) is -10.9. The third-order valence-electron chi connectivity index (χ3n) is 2.10. The maximum atomic E-state index is 12.6. The third kappa shape index (κ3) is 3.25. The van der Waals surface area contributed by atoms with E-state index in [4.69, 9.17) is 11.6 Å². The molecule has 1 aromatic rings. The lowest BCUT2D eigenvalue weighted by atomic mass is 9.97. The normalized spacial score (nSPS) is 12.4. The number of benzene rings is 1. The van der Waals surface area contributed by atoms with Gasteiger partial charge in [0.1, 0.15) is 6.29 Å². The lowest BCUT2D eigenvalue weighted by molar-refractivity contribution is -0.162. The summed E-state index contributed by atoms with van der Waals surface area (Å²) >= 11 is 4.84. The highest BCUT2D eigenvalue weighted by Crippen LogP contribution is 2.42. The Kier molecular flexibility index (Phi) is 3.94. The van der Waals surface area contributed by atoms with Gasteiger partial charge in [0, 0.05) is 11.1 Å². The van der Waals surface area contributed by atoms with E-state index in [1.54, 1.807) is 0 Å². The number of rotatable bonds is 2. The Morgan fingerprint density at radius 1 is 1.05 bits per heavy atom. The van der Waals surface area contributed by atoms with Gasteiger partial charge in [-0.05, 0) is 23.7 Å². The number of carbonyl (C=O) groups excluding carboxylic acids is 2. The largest absolute Gasteiger partial charge is 0.417 e. The molecule has 0 aliphatic carbocycles. The molecular weight excluding hydrogens is 302 g/mol. The van der Waals surface area contributed by atoms with Crippen LogP contribution in [-0.4, -0.2) is 11.5 Å². The van der Waals surface area contributed by atoms with Gasteiger partial charge in [0.2, 0.25) is 0 Å². The number of halogens is 7. The van der Waals surface area contributed by atoms with Crippen LogP contribution in [0.1, 0.15) is 31.8 Å². The van der Waals surface area contributed by atoms with Crippen LogP contribution in [0.25, 0.3) is 0 Å². The molecule has 0 fully saturated rings. The number of aldehydes is 1. The van der Waals surface area contributed by atoms with E-state index >= 15 is 0 Å². The lowest BCUT2D eigenvalue weighted by Crippen LogP contribution is -2.20. The summed E-state index contributed by atoms with van der Waals surface area (Å²) in [7, 11) is 0.